The molecule has 1 aromatic carbocycles. The lowest BCUT2D eigenvalue weighted by molar-refractivity contribution is 0.387. The fourth-order valence-corrected chi connectivity index (χ4v) is 1.84. The quantitative estimate of drug-likeness (QED) is 0.649. The van der Waals surface area contributed by atoms with Crippen LogP contribution in [0.15, 0.2) is 29.2 Å². The Kier molecular flexibility index (Phi) is 2.30. The van der Waals surface area contributed by atoms with Gasteiger partial charge in [0.15, 0.2) is 0 Å². The molecule has 3 nitrogen and oxygen atoms in total. The molecule has 59 valence electrons. The molecule has 0 saturated heterocycles. The molecule has 1 rings (SSSR count). The highest BCUT2D eigenvalue weighted by Crippen LogP contribution is 2.35. The minimum absolute atomic E-state index is 0.0741. The predicted molar refractivity (Wildman–Crippen MR) is 44.0 cm³/mol. The van der Waals surface area contributed by atoms with E-state index in [1.54, 1.807) is 12.1 Å². The zero-order chi connectivity index (χ0) is 8.48. The van der Waals surface area contributed by atoms with Gasteiger partial charge in [-0.05, 0) is 12.1 Å². The van der Waals surface area contributed by atoms with Crippen LogP contribution in [0, 0.1) is 0 Å². The fourth-order valence-electron chi connectivity index (χ4n) is 0.698. The standard InChI is InChI=1S/C6H6O3PS/c7-10(8,9)5-3-1-2-4-6(5)11/h1-4H,(H2,7,8,9). The van der Waals surface area contributed by atoms with E-state index < -0.39 is 7.60 Å². The Morgan fingerprint density at radius 1 is 1.27 bits per heavy atom. The van der Waals surface area contributed by atoms with Crippen LogP contribution in [0.2, 0.25) is 0 Å². The van der Waals surface area contributed by atoms with Crippen molar-refractivity contribution in [2.75, 3.05) is 0 Å². The van der Waals surface area contributed by atoms with Gasteiger partial charge in [-0.25, -0.2) is 0 Å². The first-order chi connectivity index (χ1) is 5.02. The summed E-state index contributed by atoms with van der Waals surface area (Å²) >= 11 is 4.71. The van der Waals surface area contributed by atoms with Crippen molar-refractivity contribution in [2.45, 2.75) is 4.90 Å². The lowest BCUT2D eigenvalue weighted by Gasteiger charge is -2.04. The van der Waals surface area contributed by atoms with Gasteiger partial charge in [0.2, 0.25) is 0 Å². The lowest BCUT2D eigenvalue weighted by Crippen LogP contribution is -2.04. The fraction of sp³-hybridized carbons (Fsp3) is 0. The molecule has 0 unspecified atom stereocenters. The highest BCUT2D eigenvalue weighted by molar-refractivity contribution is 7.81. The van der Waals surface area contributed by atoms with Crippen molar-refractivity contribution < 1.29 is 14.4 Å². The first kappa shape index (κ1) is 8.68. The molecule has 0 atom stereocenters. The minimum Gasteiger partial charge on any atom is -0.321 e. The molecule has 0 spiro atoms. The molecule has 0 saturated carbocycles. The van der Waals surface area contributed by atoms with E-state index in [1.165, 1.54) is 12.1 Å². The monoisotopic (exact) mass is 189 g/mol. The van der Waals surface area contributed by atoms with E-state index in [0.717, 1.165) is 0 Å². The van der Waals surface area contributed by atoms with E-state index in [9.17, 15) is 4.57 Å². The van der Waals surface area contributed by atoms with Gasteiger partial charge in [-0.3, -0.25) is 4.57 Å². The van der Waals surface area contributed by atoms with Crippen molar-refractivity contribution in [3.05, 3.63) is 24.3 Å². The molecule has 0 bridgehead atoms. The third kappa shape index (κ3) is 2.01. The average molecular weight is 189 g/mol. The SMILES string of the molecule is O=P(O)(O)c1ccccc1[S]. The van der Waals surface area contributed by atoms with Crippen LogP contribution < -0.4 is 5.30 Å². The number of hydrogen-bond donors (Lipinski definition) is 2. The zero-order valence-corrected chi connectivity index (χ0v) is 7.18. The van der Waals surface area contributed by atoms with Crippen LogP contribution in [0.3, 0.4) is 0 Å². The summed E-state index contributed by atoms with van der Waals surface area (Å²) in [4.78, 5) is 17.6. The third-order valence-corrected chi connectivity index (χ3v) is 2.70. The maximum atomic E-state index is 10.7. The van der Waals surface area contributed by atoms with Gasteiger partial charge >= 0.3 is 7.60 Å². The van der Waals surface area contributed by atoms with Crippen LogP contribution in [0.5, 0.6) is 0 Å². The second-order valence-electron chi connectivity index (χ2n) is 2.01. The van der Waals surface area contributed by atoms with Gasteiger partial charge in [0, 0.05) is 0 Å². The Hall–Kier alpha value is -0.410. The van der Waals surface area contributed by atoms with E-state index in [-0.39, 0.29) is 10.2 Å². The molecule has 0 aliphatic heterocycles. The average Bonchev–Trinajstić information content (AvgIpc) is 1.86. The largest absolute Gasteiger partial charge is 0.357 e. The number of benzene rings is 1. The predicted octanol–water partition coefficient (Wildman–Crippen LogP) is 1.05. The summed E-state index contributed by atoms with van der Waals surface area (Å²) in [5.41, 5.74) is 0. The Morgan fingerprint density at radius 2 is 1.82 bits per heavy atom. The summed E-state index contributed by atoms with van der Waals surface area (Å²) in [6.45, 7) is 0. The van der Waals surface area contributed by atoms with Gasteiger partial charge in [0.1, 0.15) is 0 Å². The van der Waals surface area contributed by atoms with Crippen LogP contribution in [0.1, 0.15) is 0 Å². The third-order valence-electron chi connectivity index (χ3n) is 1.18. The number of hydrogen-bond acceptors (Lipinski definition) is 1. The van der Waals surface area contributed by atoms with Crippen LogP contribution in [0.4, 0.5) is 0 Å². The van der Waals surface area contributed by atoms with E-state index in [0.29, 0.717) is 0 Å². The maximum absolute atomic E-state index is 10.7. The van der Waals surface area contributed by atoms with Crippen LogP contribution in [-0.4, -0.2) is 9.79 Å². The lowest BCUT2D eigenvalue weighted by atomic mass is 10.4. The second-order valence-corrected chi connectivity index (χ2v) is 4.02. The summed E-state index contributed by atoms with van der Waals surface area (Å²) in [6, 6.07) is 6.01. The molecule has 0 aliphatic rings. The van der Waals surface area contributed by atoms with Crippen LogP contribution in [0.25, 0.3) is 0 Å². The Balaban J connectivity index is 3.25. The molecule has 0 fully saturated rings. The smallest absolute Gasteiger partial charge is 0.321 e. The molecule has 11 heavy (non-hydrogen) atoms. The summed E-state index contributed by atoms with van der Waals surface area (Å²) < 4.78 is 10.7. The molecule has 2 N–H and O–H groups in total. The van der Waals surface area contributed by atoms with Crippen molar-refractivity contribution in [3.63, 3.8) is 0 Å². The van der Waals surface area contributed by atoms with Crippen molar-refractivity contribution in [1.82, 2.24) is 0 Å². The van der Waals surface area contributed by atoms with Crippen LogP contribution >= 0.6 is 20.2 Å². The molecule has 0 aromatic heterocycles. The first-order valence-corrected chi connectivity index (χ1v) is 4.86. The van der Waals surface area contributed by atoms with Gasteiger partial charge in [-0.1, -0.05) is 24.8 Å². The Labute approximate surface area is 69.6 Å². The van der Waals surface area contributed by atoms with Crippen molar-refractivity contribution in [3.8, 4) is 0 Å². The minimum atomic E-state index is -4.16. The van der Waals surface area contributed by atoms with E-state index in [2.05, 4.69) is 0 Å². The van der Waals surface area contributed by atoms with Crippen molar-refractivity contribution in [1.29, 1.82) is 0 Å². The molecular formula is C6H6O3PS. The molecule has 1 aromatic rings. The Bertz CT molecular complexity index is 306. The summed E-state index contributed by atoms with van der Waals surface area (Å²) in [7, 11) is -4.16. The van der Waals surface area contributed by atoms with Gasteiger partial charge in [0.25, 0.3) is 0 Å². The second kappa shape index (κ2) is 2.91. The highest BCUT2D eigenvalue weighted by Gasteiger charge is 2.19. The van der Waals surface area contributed by atoms with Gasteiger partial charge < -0.3 is 9.79 Å². The molecular weight excluding hydrogens is 183 g/mol. The maximum Gasteiger partial charge on any atom is 0.357 e. The summed E-state index contributed by atoms with van der Waals surface area (Å²) in [6.07, 6.45) is 0. The van der Waals surface area contributed by atoms with E-state index in [1.807, 2.05) is 0 Å². The van der Waals surface area contributed by atoms with Crippen molar-refractivity contribution in [2.24, 2.45) is 0 Å². The molecule has 0 heterocycles. The molecule has 5 heteroatoms. The van der Waals surface area contributed by atoms with E-state index >= 15 is 0 Å². The Morgan fingerprint density at radius 3 is 2.18 bits per heavy atom. The van der Waals surface area contributed by atoms with Gasteiger partial charge in [0.05, 0.1) is 10.2 Å². The van der Waals surface area contributed by atoms with E-state index in [4.69, 9.17) is 22.4 Å². The van der Waals surface area contributed by atoms with Gasteiger partial charge in [-0.2, -0.15) is 0 Å². The first-order valence-electron chi connectivity index (χ1n) is 2.84. The van der Waals surface area contributed by atoms with Crippen molar-refractivity contribution >= 4 is 25.5 Å². The number of rotatable bonds is 1. The highest BCUT2D eigenvalue weighted by atomic mass is 32.1. The zero-order valence-electron chi connectivity index (χ0n) is 5.47. The molecule has 0 amide bonds. The normalized spacial score (nSPS) is 11.5. The molecule has 1 radical (unpaired) electrons. The topological polar surface area (TPSA) is 57.5 Å². The van der Waals surface area contributed by atoms with Gasteiger partial charge in [-0.15, -0.1) is 0 Å². The molecule has 0 aliphatic carbocycles. The van der Waals surface area contributed by atoms with Crippen LogP contribution in [-0.2, 0) is 4.57 Å². The summed E-state index contributed by atoms with van der Waals surface area (Å²) in [5, 5.41) is -0.0741. The summed E-state index contributed by atoms with van der Waals surface area (Å²) in [5.74, 6) is 0.